The second-order valence-corrected chi connectivity index (χ2v) is 4.55. The van der Waals surface area contributed by atoms with Gasteiger partial charge in [0.15, 0.2) is 0 Å². The maximum atomic E-state index is 8.87. The van der Waals surface area contributed by atoms with Crippen LogP contribution in [-0.4, -0.2) is 37.3 Å². The fourth-order valence-electron chi connectivity index (χ4n) is 1.78. The first kappa shape index (κ1) is 13.1. The number of hydrogen-bond donors (Lipinski definition) is 2. The lowest BCUT2D eigenvalue weighted by Gasteiger charge is -2.24. The molecule has 2 heterocycles. The number of anilines is 1. The van der Waals surface area contributed by atoms with E-state index in [2.05, 4.69) is 21.7 Å². The molecule has 2 rings (SSSR count). The number of aromatic nitrogens is 1. The first-order chi connectivity index (χ1) is 8.70. The van der Waals surface area contributed by atoms with Crippen LogP contribution < -0.4 is 10.6 Å². The number of nitrogens with zero attached hydrogens (tertiary/aromatic N) is 2. The molecule has 1 aromatic rings. The smallest absolute Gasteiger partial charge is 0.145 e. The van der Waals surface area contributed by atoms with E-state index in [-0.39, 0.29) is 6.10 Å². The van der Waals surface area contributed by atoms with Gasteiger partial charge in [0.25, 0.3) is 0 Å². The number of pyridine rings is 1. The van der Waals surface area contributed by atoms with E-state index in [1.807, 2.05) is 0 Å². The first-order valence-electron chi connectivity index (χ1n) is 5.84. The Balaban J connectivity index is 2.01. The van der Waals surface area contributed by atoms with Crippen LogP contribution in [0.15, 0.2) is 6.07 Å². The third-order valence-corrected chi connectivity index (χ3v) is 3.08. The lowest BCUT2D eigenvalue weighted by atomic mass is 10.2. The zero-order chi connectivity index (χ0) is 13.0. The largest absolute Gasteiger partial charge is 0.374 e. The minimum Gasteiger partial charge on any atom is -0.374 e. The standard InChI is InChI=1S/C12H15ClN4O/c1-8-9(5-14)4-11(13)12(17-8)16-7-10-6-15-2-3-18-10/h4,10,15H,2-3,6-7H2,1H3,(H,16,17). The van der Waals surface area contributed by atoms with Crippen molar-refractivity contribution in [2.45, 2.75) is 13.0 Å². The Labute approximate surface area is 111 Å². The molecule has 6 heteroatoms. The summed E-state index contributed by atoms with van der Waals surface area (Å²) < 4.78 is 5.57. The van der Waals surface area contributed by atoms with Crippen molar-refractivity contribution < 1.29 is 4.74 Å². The highest BCUT2D eigenvalue weighted by Crippen LogP contribution is 2.22. The topological polar surface area (TPSA) is 70.0 Å². The van der Waals surface area contributed by atoms with Gasteiger partial charge in [0.1, 0.15) is 11.9 Å². The van der Waals surface area contributed by atoms with Crippen molar-refractivity contribution in [3.8, 4) is 6.07 Å². The number of morpholine rings is 1. The number of nitriles is 1. The summed E-state index contributed by atoms with van der Waals surface area (Å²) in [4.78, 5) is 4.29. The second-order valence-electron chi connectivity index (χ2n) is 4.14. The van der Waals surface area contributed by atoms with Crippen LogP contribution in [0.2, 0.25) is 5.02 Å². The molecule has 0 aromatic carbocycles. The summed E-state index contributed by atoms with van der Waals surface area (Å²) in [6.07, 6.45) is 0.118. The highest BCUT2D eigenvalue weighted by Gasteiger charge is 2.14. The Morgan fingerprint density at radius 2 is 2.56 bits per heavy atom. The van der Waals surface area contributed by atoms with Gasteiger partial charge in [0.2, 0.25) is 0 Å². The van der Waals surface area contributed by atoms with Gasteiger partial charge in [-0.05, 0) is 13.0 Å². The van der Waals surface area contributed by atoms with E-state index in [9.17, 15) is 0 Å². The Morgan fingerprint density at radius 3 is 3.22 bits per heavy atom. The fourth-order valence-corrected chi connectivity index (χ4v) is 2.00. The van der Waals surface area contributed by atoms with E-state index >= 15 is 0 Å². The maximum Gasteiger partial charge on any atom is 0.145 e. The molecule has 18 heavy (non-hydrogen) atoms. The normalized spacial score (nSPS) is 19.3. The van der Waals surface area contributed by atoms with Crippen molar-refractivity contribution in [1.29, 1.82) is 5.26 Å². The van der Waals surface area contributed by atoms with Crippen LogP contribution in [-0.2, 0) is 4.74 Å². The Kier molecular flexibility index (Phi) is 4.37. The number of nitrogens with one attached hydrogen (secondary N) is 2. The quantitative estimate of drug-likeness (QED) is 0.863. The minimum atomic E-state index is 0.118. The SMILES string of the molecule is Cc1nc(NCC2CNCCO2)c(Cl)cc1C#N. The molecule has 0 amide bonds. The molecule has 0 radical (unpaired) electrons. The van der Waals surface area contributed by atoms with Crippen molar-refractivity contribution in [3.05, 3.63) is 22.3 Å². The van der Waals surface area contributed by atoms with Gasteiger partial charge < -0.3 is 15.4 Å². The molecule has 1 aliphatic heterocycles. The van der Waals surface area contributed by atoms with Gasteiger partial charge in [-0.3, -0.25) is 0 Å². The number of aryl methyl sites for hydroxylation is 1. The molecule has 1 unspecified atom stereocenters. The van der Waals surface area contributed by atoms with Crippen LogP contribution in [0.3, 0.4) is 0 Å². The van der Waals surface area contributed by atoms with Crippen LogP contribution in [0.5, 0.6) is 0 Å². The van der Waals surface area contributed by atoms with E-state index in [1.54, 1.807) is 13.0 Å². The van der Waals surface area contributed by atoms with Crippen LogP contribution in [0.4, 0.5) is 5.82 Å². The first-order valence-corrected chi connectivity index (χ1v) is 6.22. The van der Waals surface area contributed by atoms with Crippen LogP contribution in [0.25, 0.3) is 0 Å². The zero-order valence-corrected chi connectivity index (χ0v) is 10.9. The molecule has 0 bridgehead atoms. The molecule has 1 saturated heterocycles. The van der Waals surface area contributed by atoms with E-state index in [0.717, 1.165) is 19.7 Å². The predicted octanol–water partition coefficient (Wildman–Crippen LogP) is 1.32. The monoisotopic (exact) mass is 266 g/mol. The minimum absolute atomic E-state index is 0.118. The van der Waals surface area contributed by atoms with Crippen molar-refractivity contribution in [2.24, 2.45) is 0 Å². The van der Waals surface area contributed by atoms with Gasteiger partial charge in [-0.15, -0.1) is 0 Å². The molecule has 1 atom stereocenters. The number of rotatable bonds is 3. The van der Waals surface area contributed by atoms with E-state index < -0.39 is 0 Å². The highest BCUT2D eigenvalue weighted by atomic mass is 35.5. The number of ether oxygens (including phenoxy) is 1. The Hall–Kier alpha value is -1.35. The Bertz CT molecular complexity index is 466. The summed E-state index contributed by atoms with van der Waals surface area (Å²) in [5.41, 5.74) is 1.17. The van der Waals surface area contributed by atoms with Crippen molar-refractivity contribution in [3.63, 3.8) is 0 Å². The summed E-state index contributed by atoms with van der Waals surface area (Å²) in [6, 6.07) is 3.69. The van der Waals surface area contributed by atoms with Crippen molar-refractivity contribution in [2.75, 3.05) is 31.6 Å². The average Bonchev–Trinajstić information content (AvgIpc) is 2.40. The van der Waals surface area contributed by atoms with E-state index in [0.29, 0.717) is 28.6 Å². The lowest BCUT2D eigenvalue weighted by Crippen LogP contribution is -2.42. The highest BCUT2D eigenvalue weighted by molar-refractivity contribution is 6.33. The van der Waals surface area contributed by atoms with Gasteiger partial charge in [0, 0.05) is 19.6 Å². The molecule has 5 nitrogen and oxygen atoms in total. The molecule has 0 aliphatic carbocycles. The number of hydrogen-bond acceptors (Lipinski definition) is 5. The molecule has 1 fully saturated rings. The molecule has 1 aromatic heterocycles. The molecular formula is C12H15ClN4O. The molecule has 0 saturated carbocycles. The molecule has 1 aliphatic rings. The van der Waals surface area contributed by atoms with Gasteiger partial charge in [-0.1, -0.05) is 11.6 Å². The predicted molar refractivity (Wildman–Crippen MR) is 69.8 cm³/mol. The van der Waals surface area contributed by atoms with Crippen LogP contribution in [0.1, 0.15) is 11.3 Å². The summed E-state index contributed by atoms with van der Waals surface area (Å²) in [5.74, 6) is 0.599. The average molecular weight is 267 g/mol. The summed E-state index contributed by atoms with van der Waals surface area (Å²) in [7, 11) is 0. The maximum absolute atomic E-state index is 8.87. The summed E-state index contributed by atoms with van der Waals surface area (Å²) in [6.45, 7) is 4.87. The molecule has 2 N–H and O–H groups in total. The fraction of sp³-hybridized carbons (Fsp3) is 0.500. The molecule has 0 spiro atoms. The van der Waals surface area contributed by atoms with Gasteiger partial charge in [-0.25, -0.2) is 4.98 Å². The van der Waals surface area contributed by atoms with Gasteiger partial charge >= 0.3 is 0 Å². The third-order valence-electron chi connectivity index (χ3n) is 2.79. The van der Waals surface area contributed by atoms with Crippen LogP contribution in [0, 0.1) is 18.3 Å². The van der Waals surface area contributed by atoms with Gasteiger partial charge in [-0.2, -0.15) is 5.26 Å². The van der Waals surface area contributed by atoms with Crippen molar-refractivity contribution in [1.82, 2.24) is 10.3 Å². The molecule has 96 valence electrons. The summed E-state index contributed by atoms with van der Waals surface area (Å²) >= 11 is 6.07. The van der Waals surface area contributed by atoms with Crippen LogP contribution >= 0.6 is 11.6 Å². The van der Waals surface area contributed by atoms with Crippen molar-refractivity contribution >= 4 is 17.4 Å². The van der Waals surface area contributed by atoms with Gasteiger partial charge in [0.05, 0.1) is 29.0 Å². The summed E-state index contributed by atoms with van der Waals surface area (Å²) in [5, 5.41) is 15.7. The second kappa shape index (κ2) is 6.01. The van der Waals surface area contributed by atoms with E-state index in [4.69, 9.17) is 21.6 Å². The molecular weight excluding hydrogens is 252 g/mol. The lowest BCUT2D eigenvalue weighted by molar-refractivity contribution is 0.0372. The number of halogens is 1. The zero-order valence-electron chi connectivity index (χ0n) is 10.2. The Morgan fingerprint density at radius 1 is 1.72 bits per heavy atom. The van der Waals surface area contributed by atoms with E-state index in [1.165, 1.54) is 0 Å². The third kappa shape index (κ3) is 3.10.